The highest BCUT2D eigenvalue weighted by Crippen LogP contribution is 2.30. The molecule has 4 nitrogen and oxygen atoms in total. The molecule has 1 aromatic heterocycles. The quantitative estimate of drug-likeness (QED) is 0.794. The Balaban J connectivity index is 2.30. The molecule has 0 aliphatic carbocycles. The summed E-state index contributed by atoms with van der Waals surface area (Å²) < 4.78 is 3.61. The number of rotatable bonds is 3. The molecule has 0 saturated carbocycles. The maximum absolute atomic E-state index is 10.4. The van der Waals surface area contributed by atoms with Gasteiger partial charge in [-0.05, 0) is 41.1 Å². The van der Waals surface area contributed by atoms with E-state index >= 15 is 0 Å². The molecule has 3 N–H and O–H groups in total. The second-order valence-corrected chi connectivity index (χ2v) is 6.17. The van der Waals surface area contributed by atoms with Gasteiger partial charge in [-0.3, -0.25) is 4.68 Å². The lowest BCUT2D eigenvalue weighted by Gasteiger charge is -2.14. The SMILES string of the molecule is Cc1nn(C)c(CC(O)c2cc(Br)ccc2N)c1Br. The molecule has 1 heterocycles. The number of aryl methyl sites for hydroxylation is 2. The minimum absolute atomic E-state index is 0.457. The van der Waals surface area contributed by atoms with Crippen molar-refractivity contribution in [1.29, 1.82) is 0 Å². The Morgan fingerprint density at radius 3 is 2.68 bits per heavy atom. The van der Waals surface area contributed by atoms with Crippen LogP contribution >= 0.6 is 31.9 Å². The van der Waals surface area contributed by atoms with Gasteiger partial charge in [0.25, 0.3) is 0 Å². The zero-order valence-electron chi connectivity index (χ0n) is 10.7. The Bertz CT molecular complexity index is 610. The van der Waals surface area contributed by atoms with Gasteiger partial charge in [-0.15, -0.1) is 0 Å². The summed E-state index contributed by atoms with van der Waals surface area (Å²) in [5.41, 5.74) is 9.08. The van der Waals surface area contributed by atoms with Crippen molar-refractivity contribution < 1.29 is 5.11 Å². The minimum atomic E-state index is -0.663. The first-order valence-corrected chi connectivity index (χ1v) is 7.39. The molecule has 0 aliphatic rings. The van der Waals surface area contributed by atoms with E-state index in [2.05, 4.69) is 37.0 Å². The van der Waals surface area contributed by atoms with Gasteiger partial charge >= 0.3 is 0 Å². The molecule has 1 atom stereocenters. The van der Waals surface area contributed by atoms with Crippen LogP contribution in [-0.4, -0.2) is 14.9 Å². The largest absolute Gasteiger partial charge is 0.398 e. The fourth-order valence-corrected chi connectivity index (χ4v) is 2.91. The van der Waals surface area contributed by atoms with E-state index in [0.717, 1.165) is 25.9 Å². The number of nitrogen functional groups attached to an aromatic ring is 1. The summed E-state index contributed by atoms with van der Waals surface area (Å²) in [6.45, 7) is 1.92. The van der Waals surface area contributed by atoms with Gasteiger partial charge in [0.05, 0.1) is 22.0 Å². The van der Waals surface area contributed by atoms with Crippen LogP contribution in [0.3, 0.4) is 0 Å². The van der Waals surface area contributed by atoms with Gasteiger partial charge < -0.3 is 10.8 Å². The summed E-state index contributed by atoms with van der Waals surface area (Å²) in [7, 11) is 1.87. The van der Waals surface area contributed by atoms with E-state index in [4.69, 9.17) is 5.73 Å². The predicted molar refractivity (Wildman–Crippen MR) is 82.9 cm³/mol. The first kappa shape index (κ1) is 14.6. The van der Waals surface area contributed by atoms with Gasteiger partial charge in [0, 0.05) is 29.2 Å². The molecule has 0 aliphatic heterocycles. The fourth-order valence-electron chi connectivity index (χ4n) is 2.03. The van der Waals surface area contributed by atoms with Crippen LogP contribution in [-0.2, 0) is 13.5 Å². The van der Waals surface area contributed by atoms with Crippen molar-refractivity contribution in [3.63, 3.8) is 0 Å². The minimum Gasteiger partial charge on any atom is -0.398 e. The predicted octanol–water partition coefficient (Wildman–Crippen LogP) is 3.11. The van der Waals surface area contributed by atoms with Gasteiger partial charge in [0.2, 0.25) is 0 Å². The zero-order valence-corrected chi connectivity index (χ0v) is 13.9. The van der Waals surface area contributed by atoms with Crippen molar-refractivity contribution in [2.75, 3.05) is 5.73 Å². The number of benzene rings is 1. The van der Waals surface area contributed by atoms with E-state index in [0.29, 0.717) is 12.1 Å². The number of aliphatic hydroxyl groups excluding tert-OH is 1. The number of aliphatic hydroxyl groups is 1. The number of nitrogens with zero attached hydrogens (tertiary/aromatic N) is 2. The lowest BCUT2D eigenvalue weighted by atomic mass is 10.0. The number of nitrogens with two attached hydrogens (primary N) is 1. The Kier molecular flexibility index (Phi) is 4.32. The molecule has 0 radical (unpaired) electrons. The molecule has 0 saturated heterocycles. The molecule has 1 unspecified atom stereocenters. The fraction of sp³-hybridized carbons (Fsp3) is 0.308. The molecule has 2 rings (SSSR count). The van der Waals surface area contributed by atoms with Crippen LogP contribution in [0.25, 0.3) is 0 Å². The highest BCUT2D eigenvalue weighted by Gasteiger charge is 2.18. The summed E-state index contributed by atoms with van der Waals surface area (Å²) in [6, 6.07) is 5.49. The maximum atomic E-state index is 10.4. The summed E-state index contributed by atoms with van der Waals surface area (Å²) >= 11 is 6.89. The first-order valence-electron chi connectivity index (χ1n) is 5.81. The van der Waals surface area contributed by atoms with Crippen LogP contribution in [0.1, 0.15) is 23.1 Å². The van der Waals surface area contributed by atoms with Crippen molar-refractivity contribution in [3.8, 4) is 0 Å². The lowest BCUT2D eigenvalue weighted by molar-refractivity contribution is 0.176. The second-order valence-electron chi connectivity index (χ2n) is 4.46. The van der Waals surface area contributed by atoms with E-state index in [9.17, 15) is 5.11 Å². The molecule has 102 valence electrons. The monoisotopic (exact) mass is 387 g/mol. The molecule has 0 spiro atoms. The van der Waals surface area contributed by atoms with Crippen molar-refractivity contribution in [2.24, 2.45) is 7.05 Å². The standard InChI is InChI=1S/C13H15Br2N3O/c1-7-13(15)11(18(2)17-7)6-12(19)9-5-8(14)3-4-10(9)16/h3-5,12,19H,6,16H2,1-2H3. The van der Waals surface area contributed by atoms with Crippen molar-refractivity contribution >= 4 is 37.5 Å². The number of aromatic nitrogens is 2. The van der Waals surface area contributed by atoms with E-state index in [1.807, 2.05) is 26.1 Å². The summed E-state index contributed by atoms with van der Waals surface area (Å²) in [5.74, 6) is 0. The van der Waals surface area contributed by atoms with Crippen LogP contribution < -0.4 is 5.73 Å². The third-order valence-corrected chi connectivity index (χ3v) is 4.58. The number of hydrogen-bond acceptors (Lipinski definition) is 3. The van der Waals surface area contributed by atoms with Gasteiger partial charge in [0.15, 0.2) is 0 Å². The van der Waals surface area contributed by atoms with Crippen LogP contribution in [0.4, 0.5) is 5.69 Å². The molecule has 6 heteroatoms. The van der Waals surface area contributed by atoms with Crippen LogP contribution in [0.5, 0.6) is 0 Å². The van der Waals surface area contributed by atoms with Crippen molar-refractivity contribution in [3.05, 3.63) is 44.1 Å². The number of anilines is 1. The zero-order chi connectivity index (χ0) is 14.2. The Labute approximate surface area is 128 Å². The highest BCUT2D eigenvalue weighted by atomic mass is 79.9. The van der Waals surface area contributed by atoms with Crippen molar-refractivity contribution in [2.45, 2.75) is 19.4 Å². The van der Waals surface area contributed by atoms with Crippen molar-refractivity contribution in [1.82, 2.24) is 9.78 Å². The smallest absolute Gasteiger partial charge is 0.0865 e. The average Bonchev–Trinajstić information content (AvgIpc) is 2.59. The van der Waals surface area contributed by atoms with E-state index in [-0.39, 0.29) is 0 Å². The molecule has 1 aromatic carbocycles. The summed E-state index contributed by atoms with van der Waals surface area (Å²) in [6.07, 6.45) is -0.206. The topological polar surface area (TPSA) is 64.1 Å². The molecule has 2 aromatic rings. The number of hydrogen-bond donors (Lipinski definition) is 2. The first-order chi connectivity index (χ1) is 8.90. The van der Waals surface area contributed by atoms with Crippen LogP contribution in [0.15, 0.2) is 27.1 Å². The Morgan fingerprint density at radius 2 is 2.11 bits per heavy atom. The second kappa shape index (κ2) is 5.64. The van der Waals surface area contributed by atoms with E-state index < -0.39 is 6.10 Å². The Hall–Kier alpha value is -0.850. The molecular formula is C13H15Br2N3O. The van der Waals surface area contributed by atoms with Gasteiger partial charge in [-0.2, -0.15) is 5.10 Å². The molecular weight excluding hydrogens is 374 g/mol. The van der Waals surface area contributed by atoms with Gasteiger partial charge in [-0.1, -0.05) is 15.9 Å². The highest BCUT2D eigenvalue weighted by molar-refractivity contribution is 9.10. The molecule has 0 amide bonds. The van der Waals surface area contributed by atoms with E-state index in [1.54, 1.807) is 10.7 Å². The molecule has 0 fully saturated rings. The van der Waals surface area contributed by atoms with Crippen LogP contribution in [0.2, 0.25) is 0 Å². The molecule has 0 bridgehead atoms. The summed E-state index contributed by atoms with van der Waals surface area (Å²) in [5, 5.41) is 14.7. The summed E-state index contributed by atoms with van der Waals surface area (Å²) in [4.78, 5) is 0. The van der Waals surface area contributed by atoms with Gasteiger partial charge in [0.1, 0.15) is 0 Å². The third-order valence-electron chi connectivity index (χ3n) is 3.06. The van der Waals surface area contributed by atoms with Gasteiger partial charge in [-0.25, -0.2) is 0 Å². The molecule has 19 heavy (non-hydrogen) atoms. The number of halogens is 2. The maximum Gasteiger partial charge on any atom is 0.0865 e. The third kappa shape index (κ3) is 3.01. The van der Waals surface area contributed by atoms with E-state index in [1.165, 1.54) is 0 Å². The normalized spacial score (nSPS) is 12.7. The van der Waals surface area contributed by atoms with Crippen LogP contribution in [0, 0.1) is 6.92 Å². The lowest BCUT2D eigenvalue weighted by Crippen LogP contribution is -2.09. The average molecular weight is 389 g/mol. The Morgan fingerprint density at radius 1 is 1.42 bits per heavy atom.